The van der Waals surface area contributed by atoms with Crippen LogP contribution in [0.4, 0.5) is 0 Å². The highest BCUT2D eigenvalue weighted by atomic mass is 16.5. The summed E-state index contributed by atoms with van der Waals surface area (Å²) in [5.41, 5.74) is 1.77. The van der Waals surface area contributed by atoms with Crippen LogP contribution in [0, 0.1) is 5.92 Å². The van der Waals surface area contributed by atoms with Gasteiger partial charge in [0.15, 0.2) is 0 Å². The lowest BCUT2D eigenvalue weighted by Gasteiger charge is -2.13. The number of hydrogen-bond donors (Lipinski definition) is 1. The van der Waals surface area contributed by atoms with Crippen molar-refractivity contribution in [1.82, 2.24) is 5.32 Å². The van der Waals surface area contributed by atoms with Gasteiger partial charge in [-0.05, 0) is 48.4 Å². The molecule has 0 aliphatic heterocycles. The van der Waals surface area contributed by atoms with Crippen LogP contribution in [0.1, 0.15) is 32.3 Å². The van der Waals surface area contributed by atoms with E-state index in [-0.39, 0.29) is 0 Å². The van der Waals surface area contributed by atoms with Gasteiger partial charge in [-0.3, -0.25) is 0 Å². The lowest BCUT2D eigenvalue weighted by Crippen LogP contribution is -2.23. The average Bonchev–Trinajstić information content (AvgIpc) is 3.14. The van der Waals surface area contributed by atoms with Crippen molar-refractivity contribution in [2.24, 2.45) is 5.92 Å². The smallest absolute Gasteiger partial charge is 0.119 e. The molecule has 0 heterocycles. The standard InChI is InChI=1S/C17H27NO2/c1-4-10-20-16-7-5-14(6-8-16)17(2)12-15(17)13-18-9-11-19-3/h5-8,15,18H,4,9-13H2,1-3H3. The molecule has 2 rings (SSSR count). The molecule has 1 saturated carbocycles. The van der Waals surface area contributed by atoms with E-state index >= 15 is 0 Å². The van der Waals surface area contributed by atoms with Gasteiger partial charge < -0.3 is 14.8 Å². The second-order valence-corrected chi connectivity index (χ2v) is 5.89. The Balaban J connectivity index is 1.82. The van der Waals surface area contributed by atoms with Crippen molar-refractivity contribution in [3.63, 3.8) is 0 Å². The zero-order valence-corrected chi connectivity index (χ0v) is 12.9. The Bertz CT molecular complexity index is 404. The van der Waals surface area contributed by atoms with Crippen LogP contribution in [0.25, 0.3) is 0 Å². The lowest BCUT2D eigenvalue weighted by molar-refractivity contribution is 0.199. The van der Waals surface area contributed by atoms with Gasteiger partial charge in [-0.2, -0.15) is 0 Å². The van der Waals surface area contributed by atoms with E-state index in [9.17, 15) is 0 Å². The third kappa shape index (κ3) is 3.74. The van der Waals surface area contributed by atoms with E-state index in [2.05, 4.69) is 43.4 Å². The van der Waals surface area contributed by atoms with Crippen molar-refractivity contribution in [2.45, 2.75) is 32.1 Å². The summed E-state index contributed by atoms with van der Waals surface area (Å²) in [6, 6.07) is 8.65. The molecule has 1 aliphatic rings. The van der Waals surface area contributed by atoms with Gasteiger partial charge in [0.2, 0.25) is 0 Å². The first kappa shape index (κ1) is 15.3. The number of benzene rings is 1. The van der Waals surface area contributed by atoms with E-state index in [1.54, 1.807) is 7.11 Å². The van der Waals surface area contributed by atoms with E-state index in [4.69, 9.17) is 9.47 Å². The molecule has 112 valence electrons. The predicted molar refractivity (Wildman–Crippen MR) is 82.4 cm³/mol. The van der Waals surface area contributed by atoms with E-state index in [0.717, 1.165) is 44.4 Å². The van der Waals surface area contributed by atoms with Gasteiger partial charge in [-0.1, -0.05) is 26.0 Å². The lowest BCUT2D eigenvalue weighted by atomic mass is 9.95. The normalized spacial score (nSPS) is 24.6. The summed E-state index contributed by atoms with van der Waals surface area (Å²) in [6.07, 6.45) is 2.32. The molecule has 3 heteroatoms. The molecule has 0 bridgehead atoms. The molecular weight excluding hydrogens is 250 g/mol. The van der Waals surface area contributed by atoms with Crippen LogP contribution in [-0.2, 0) is 10.2 Å². The summed E-state index contributed by atoms with van der Waals surface area (Å²) in [4.78, 5) is 0. The molecule has 20 heavy (non-hydrogen) atoms. The third-order valence-corrected chi connectivity index (χ3v) is 4.27. The SMILES string of the molecule is CCCOc1ccc(C2(C)CC2CNCCOC)cc1. The summed E-state index contributed by atoms with van der Waals surface area (Å²) < 4.78 is 10.7. The number of ether oxygens (including phenoxy) is 2. The highest BCUT2D eigenvalue weighted by Crippen LogP contribution is 2.53. The van der Waals surface area contributed by atoms with E-state index in [1.807, 2.05) is 0 Å². The minimum Gasteiger partial charge on any atom is -0.494 e. The van der Waals surface area contributed by atoms with Gasteiger partial charge in [-0.15, -0.1) is 0 Å². The Morgan fingerprint density at radius 1 is 1.25 bits per heavy atom. The number of rotatable bonds is 9. The highest BCUT2D eigenvalue weighted by Gasteiger charge is 2.50. The first-order valence-electron chi connectivity index (χ1n) is 7.63. The van der Waals surface area contributed by atoms with Crippen LogP contribution in [0.15, 0.2) is 24.3 Å². The predicted octanol–water partition coefficient (Wildman–Crippen LogP) is 2.99. The maximum absolute atomic E-state index is 5.64. The Labute approximate surface area is 122 Å². The van der Waals surface area contributed by atoms with Gasteiger partial charge in [0.25, 0.3) is 0 Å². The Hall–Kier alpha value is -1.06. The van der Waals surface area contributed by atoms with Gasteiger partial charge in [0, 0.05) is 13.7 Å². The van der Waals surface area contributed by atoms with Crippen molar-refractivity contribution < 1.29 is 9.47 Å². The molecule has 2 unspecified atom stereocenters. The van der Waals surface area contributed by atoms with Crippen LogP contribution < -0.4 is 10.1 Å². The second-order valence-electron chi connectivity index (χ2n) is 5.89. The Kier molecular flexibility index (Phi) is 5.44. The van der Waals surface area contributed by atoms with E-state index in [1.165, 1.54) is 12.0 Å². The van der Waals surface area contributed by atoms with Crippen LogP contribution in [-0.4, -0.2) is 33.4 Å². The van der Waals surface area contributed by atoms with Crippen LogP contribution in [0.3, 0.4) is 0 Å². The zero-order valence-electron chi connectivity index (χ0n) is 12.9. The molecule has 0 radical (unpaired) electrons. The average molecular weight is 277 g/mol. The highest BCUT2D eigenvalue weighted by molar-refractivity contribution is 5.37. The molecule has 0 amide bonds. The summed E-state index contributed by atoms with van der Waals surface area (Å²) in [7, 11) is 1.74. The summed E-state index contributed by atoms with van der Waals surface area (Å²) >= 11 is 0. The van der Waals surface area contributed by atoms with Gasteiger partial charge >= 0.3 is 0 Å². The van der Waals surface area contributed by atoms with Crippen molar-refractivity contribution in [1.29, 1.82) is 0 Å². The molecule has 1 fully saturated rings. The third-order valence-electron chi connectivity index (χ3n) is 4.27. The molecule has 0 saturated heterocycles. The molecule has 2 atom stereocenters. The number of hydrogen-bond acceptors (Lipinski definition) is 3. The fourth-order valence-corrected chi connectivity index (χ4v) is 2.71. The molecule has 1 aromatic carbocycles. The van der Waals surface area contributed by atoms with Crippen LogP contribution >= 0.6 is 0 Å². The minimum atomic E-state index is 0.337. The van der Waals surface area contributed by atoms with Crippen molar-refractivity contribution in [2.75, 3.05) is 33.4 Å². The maximum Gasteiger partial charge on any atom is 0.119 e. The minimum absolute atomic E-state index is 0.337. The topological polar surface area (TPSA) is 30.5 Å². The molecule has 0 aromatic heterocycles. The molecule has 1 aliphatic carbocycles. The molecule has 1 aromatic rings. The van der Waals surface area contributed by atoms with Crippen molar-refractivity contribution in [3.8, 4) is 5.75 Å². The monoisotopic (exact) mass is 277 g/mol. The molecule has 0 spiro atoms. The first-order chi connectivity index (χ1) is 9.70. The van der Waals surface area contributed by atoms with Crippen LogP contribution in [0.5, 0.6) is 5.75 Å². The summed E-state index contributed by atoms with van der Waals surface area (Å²) in [6.45, 7) is 8.08. The fourth-order valence-electron chi connectivity index (χ4n) is 2.71. The van der Waals surface area contributed by atoms with Crippen molar-refractivity contribution in [3.05, 3.63) is 29.8 Å². The van der Waals surface area contributed by atoms with Crippen LogP contribution in [0.2, 0.25) is 0 Å². The number of methoxy groups -OCH3 is 1. The largest absolute Gasteiger partial charge is 0.494 e. The first-order valence-corrected chi connectivity index (χ1v) is 7.63. The quantitative estimate of drug-likeness (QED) is 0.704. The summed E-state index contributed by atoms with van der Waals surface area (Å²) in [5.74, 6) is 1.72. The van der Waals surface area contributed by atoms with E-state index in [0.29, 0.717) is 5.41 Å². The summed E-state index contributed by atoms with van der Waals surface area (Å²) in [5, 5.41) is 3.46. The van der Waals surface area contributed by atoms with Crippen molar-refractivity contribution >= 4 is 0 Å². The fraction of sp³-hybridized carbons (Fsp3) is 0.647. The molecule has 3 nitrogen and oxygen atoms in total. The molecule has 1 N–H and O–H groups in total. The van der Waals surface area contributed by atoms with Gasteiger partial charge in [0.1, 0.15) is 5.75 Å². The van der Waals surface area contributed by atoms with E-state index < -0.39 is 0 Å². The molecular formula is C17H27NO2. The maximum atomic E-state index is 5.64. The second kappa shape index (κ2) is 7.09. The number of nitrogens with one attached hydrogen (secondary N) is 1. The Morgan fingerprint density at radius 2 is 2.00 bits per heavy atom. The van der Waals surface area contributed by atoms with Gasteiger partial charge in [0.05, 0.1) is 13.2 Å². The Morgan fingerprint density at radius 3 is 2.65 bits per heavy atom. The zero-order chi connectivity index (χ0) is 14.4. The van der Waals surface area contributed by atoms with Gasteiger partial charge in [-0.25, -0.2) is 0 Å².